The number of ether oxygens (including phenoxy) is 1. The van der Waals surface area contributed by atoms with Gasteiger partial charge in [-0.2, -0.15) is 136 Å². The van der Waals surface area contributed by atoms with Crippen molar-refractivity contribution in [2.24, 2.45) is 0 Å². The molecule has 0 saturated carbocycles. The lowest BCUT2D eigenvalue weighted by Gasteiger charge is -2.54. The van der Waals surface area contributed by atoms with Crippen LogP contribution in [0.5, 0.6) is 0 Å². The molecule has 0 N–H and O–H groups in total. The van der Waals surface area contributed by atoms with Crippen molar-refractivity contribution in [2.75, 3.05) is 0 Å². The molecule has 1 heterocycles. The molecular formula is C16F32O. The third kappa shape index (κ3) is 4.54. The second-order valence-corrected chi connectivity index (χ2v) is 9.20. The number of hydrogen-bond acceptors (Lipinski definition) is 1. The largest absolute Gasteiger partial charge is 0.460 e. The predicted molar refractivity (Wildman–Crippen MR) is 80.2 cm³/mol. The highest BCUT2D eigenvalue weighted by molar-refractivity contribution is 5.38. The fourth-order valence-electron chi connectivity index (χ4n) is 3.71. The van der Waals surface area contributed by atoms with Gasteiger partial charge in [-0.3, -0.25) is 4.74 Å². The Morgan fingerprint density at radius 2 is 0.490 bits per heavy atom. The van der Waals surface area contributed by atoms with Crippen molar-refractivity contribution in [1.29, 1.82) is 0 Å². The molecule has 0 aromatic rings. The Kier molecular flexibility index (Phi) is 9.31. The van der Waals surface area contributed by atoms with E-state index in [9.17, 15) is 136 Å². The summed E-state index contributed by atoms with van der Waals surface area (Å²) in [5.74, 6) is -101. The number of halogens is 32. The summed E-state index contributed by atoms with van der Waals surface area (Å²) in [4.78, 5) is 0. The van der Waals surface area contributed by atoms with E-state index in [4.69, 9.17) is 0 Å². The zero-order valence-corrected chi connectivity index (χ0v) is 20.5. The zero-order chi connectivity index (χ0) is 40.7. The van der Waals surface area contributed by atoms with Crippen molar-refractivity contribution in [3.63, 3.8) is 0 Å². The van der Waals surface area contributed by atoms with E-state index in [0.717, 1.165) is 4.74 Å². The minimum Gasteiger partial charge on any atom is -0.291 e. The van der Waals surface area contributed by atoms with Gasteiger partial charge < -0.3 is 0 Å². The van der Waals surface area contributed by atoms with Gasteiger partial charge in [0.15, 0.2) is 0 Å². The van der Waals surface area contributed by atoms with Crippen LogP contribution in [-0.2, 0) is 4.74 Å². The van der Waals surface area contributed by atoms with Gasteiger partial charge in [0.25, 0.3) is 11.3 Å². The lowest BCUT2D eigenvalue weighted by atomic mass is 9.63. The maximum Gasteiger partial charge on any atom is 0.460 e. The summed E-state index contributed by atoms with van der Waals surface area (Å²) in [6.07, 6.45) is -35.6. The van der Waals surface area contributed by atoms with Gasteiger partial charge in [0.2, 0.25) is 0 Å². The minimum atomic E-state index is -10.8. The van der Waals surface area contributed by atoms with Crippen molar-refractivity contribution >= 4 is 0 Å². The smallest absolute Gasteiger partial charge is 0.291 e. The molecule has 1 rings (SSSR count). The van der Waals surface area contributed by atoms with Crippen LogP contribution in [-0.4, -0.2) is 95.1 Å². The monoisotopic (exact) mass is 816 g/mol. The zero-order valence-electron chi connectivity index (χ0n) is 20.5. The van der Waals surface area contributed by atoms with Crippen LogP contribution < -0.4 is 0 Å². The van der Waals surface area contributed by atoms with Crippen LogP contribution in [0.3, 0.4) is 0 Å². The van der Waals surface area contributed by atoms with Crippen LogP contribution in [0.1, 0.15) is 0 Å². The van der Waals surface area contributed by atoms with Crippen molar-refractivity contribution in [3.8, 4) is 0 Å². The molecule has 1 nitrogen and oxygen atoms in total. The Morgan fingerprint density at radius 1 is 0.286 bits per heavy atom. The van der Waals surface area contributed by atoms with Gasteiger partial charge in [-0.05, 0) is 0 Å². The molecule has 1 aliphatic heterocycles. The lowest BCUT2D eigenvalue weighted by Crippen LogP contribution is -2.88. The average molecular weight is 816 g/mol. The standard InChI is InChI=1S/C16F32O/c17-1(3(18,19)7(26,27)10(32,33)13(38,39)40)2(49-16(47,48)4(1,20)21,5(22,23)8(28,29)11(34,35)14(41,42)43)6(24,25)9(30,31)12(36,37)15(44,45)46. The van der Waals surface area contributed by atoms with E-state index in [2.05, 4.69) is 0 Å². The fraction of sp³-hybridized carbons (Fsp3) is 1.00. The molecule has 1 aliphatic rings. The van der Waals surface area contributed by atoms with Crippen LogP contribution in [0.25, 0.3) is 0 Å². The van der Waals surface area contributed by atoms with Crippen molar-refractivity contribution in [1.82, 2.24) is 0 Å². The topological polar surface area (TPSA) is 9.23 Å². The molecule has 1 saturated heterocycles. The molecule has 0 aromatic carbocycles. The first-order chi connectivity index (χ1) is 20.5. The van der Waals surface area contributed by atoms with Gasteiger partial charge >= 0.3 is 83.9 Å². The van der Waals surface area contributed by atoms with Crippen LogP contribution in [0.2, 0.25) is 0 Å². The molecule has 0 aliphatic carbocycles. The van der Waals surface area contributed by atoms with Crippen LogP contribution in [0.4, 0.5) is 140 Å². The highest BCUT2D eigenvalue weighted by Gasteiger charge is 3.12. The first-order valence-electron chi connectivity index (χ1n) is 10.2. The van der Waals surface area contributed by atoms with Crippen molar-refractivity contribution < 1.29 is 145 Å². The number of alkyl halides is 32. The van der Waals surface area contributed by atoms with Gasteiger partial charge in [0.05, 0.1) is 0 Å². The molecule has 1 atom stereocenters. The summed E-state index contributed by atoms with van der Waals surface area (Å²) < 4.78 is 437. The third-order valence-electron chi connectivity index (χ3n) is 6.32. The Balaban J connectivity index is 5.09. The van der Waals surface area contributed by atoms with E-state index in [0.29, 0.717) is 0 Å². The summed E-state index contributed by atoms with van der Waals surface area (Å²) >= 11 is 0. The van der Waals surface area contributed by atoms with Gasteiger partial charge in [-0.1, -0.05) is 0 Å². The Labute approximate surface area is 242 Å². The maximum atomic E-state index is 15.6. The molecule has 1 unspecified atom stereocenters. The Bertz CT molecular complexity index is 1210. The number of hydrogen-bond donors (Lipinski definition) is 0. The molecule has 0 spiro atoms. The summed E-state index contributed by atoms with van der Waals surface area (Å²) in [5.41, 5.74) is -21.6. The van der Waals surface area contributed by atoms with Gasteiger partial charge in [-0.15, -0.1) is 0 Å². The SMILES string of the molecule is FC(F)(F)C(F)(F)C(F)(F)C(F)(F)C1(F)C(F)(F)C(F)(F)OC1(C(F)(F)C(F)(F)C(F)(F)C(F)(F)F)C(F)(F)C(F)(F)C(F)(F)C(F)(F)F. The fourth-order valence-corrected chi connectivity index (χ4v) is 3.71. The lowest BCUT2D eigenvalue weighted by molar-refractivity contribution is -0.501. The molecule has 0 bridgehead atoms. The molecule has 294 valence electrons. The first kappa shape index (κ1) is 44.7. The van der Waals surface area contributed by atoms with E-state index < -0.39 is 95.1 Å². The Hall–Kier alpha value is -2.28. The minimum absolute atomic E-state index is 0.806. The molecular weight excluding hydrogens is 816 g/mol. The first-order valence-corrected chi connectivity index (χ1v) is 10.2. The van der Waals surface area contributed by atoms with Crippen molar-refractivity contribution in [3.05, 3.63) is 0 Å². The van der Waals surface area contributed by atoms with Gasteiger partial charge in [0.1, 0.15) is 0 Å². The number of rotatable bonds is 9. The molecule has 0 aromatic heterocycles. The Morgan fingerprint density at radius 3 is 0.694 bits per heavy atom. The normalized spacial score (nSPS) is 24.0. The summed E-state index contributed by atoms with van der Waals surface area (Å²) in [7, 11) is 0. The van der Waals surface area contributed by atoms with Crippen LogP contribution >= 0.6 is 0 Å². The van der Waals surface area contributed by atoms with E-state index in [-0.39, 0.29) is 0 Å². The molecule has 0 radical (unpaired) electrons. The molecule has 0 amide bonds. The van der Waals surface area contributed by atoms with E-state index in [1.807, 2.05) is 0 Å². The molecule has 1 fully saturated rings. The van der Waals surface area contributed by atoms with E-state index >= 15 is 4.39 Å². The average Bonchev–Trinajstić information content (AvgIpc) is 2.96. The van der Waals surface area contributed by atoms with Gasteiger partial charge in [0, 0.05) is 0 Å². The highest BCUT2D eigenvalue weighted by atomic mass is 19.5. The van der Waals surface area contributed by atoms with Gasteiger partial charge in [-0.25, -0.2) is 4.39 Å². The third-order valence-corrected chi connectivity index (χ3v) is 6.32. The van der Waals surface area contributed by atoms with Crippen LogP contribution in [0.15, 0.2) is 0 Å². The summed E-state index contributed by atoms with van der Waals surface area (Å²) in [5, 5.41) is 0. The molecule has 49 heavy (non-hydrogen) atoms. The summed E-state index contributed by atoms with van der Waals surface area (Å²) in [6.45, 7) is 0. The van der Waals surface area contributed by atoms with Crippen molar-refractivity contribution in [2.45, 2.75) is 95.1 Å². The quantitative estimate of drug-likeness (QED) is 0.211. The van der Waals surface area contributed by atoms with Crippen LogP contribution in [0, 0.1) is 0 Å². The highest BCUT2D eigenvalue weighted by Crippen LogP contribution is 2.78. The summed E-state index contributed by atoms with van der Waals surface area (Å²) in [6, 6.07) is 0. The molecule has 33 heteroatoms. The maximum absolute atomic E-state index is 15.6. The second-order valence-electron chi connectivity index (χ2n) is 9.20. The van der Waals surface area contributed by atoms with E-state index in [1.54, 1.807) is 0 Å². The second kappa shape index (κ2) is 10.2. The predicted octanol–water partition coefficient (Wildman–Crippen LogP) is 10.1. The van der Waals surface area contributed by atoms with E-state index in [1.165, 1.54) is 0 Å².